The normalized spacial score (nSPS) is 22.2. The van der Waals surface area contributed by atoms with Crippen LogP contribution >= 0.6 is 0 Å². The van der Waals surface area contributed by atoms with Gasteiger partial charge in [-0.05, 0) is 39.0 Å². The van der Waals surface area contributed by atoms with Gasteiger partial charge in [-0.15, -0.1) is 0 Å². The van der Waals surface area contributed by atoms with Gasteiger partial charge in [0.05, 0.1) is 12.0 Å². The first kappa shape index (κ1) is 15.1. The van der Waals surface area contributed by atoms with E-state index in [4.69, 9.17) is 5.11 Å². The van der Waals surface area contributed by atoms with Crippen molar-refractivity contribution in [1.82, 2.24) is 9.80 Å². The first-order valence-corrected chi connectivity index (χ1v) is 7.38. The molecule has 0 aromatic rings. The highest BCUT2D eigenvalue weighted by atomic mass is 16.4. The molecule has 114 valence electrons. The van der Waals surface area contributed by atoms with Crippen molar-refractivity contribution in [3.63, 3.8) is 0 Å². The molecule has 0 radical (unpaired) electrons. The van der Waals surface area contributed by atoms with E-state index in [9.17, 15) is 14.7 Å². The third kappa shape index (κ3) is 2.90. The van der Waals surface area contributed by atoms with Crippen molar-refractivity contribution < 1.29 is 19.8 Å². The number of nitrogens with zero attached hydrogens (tertiary/aromatic N) is 2. The zero-order valence-electron chi connectivity index (χ0n) is 12.0. The third-order valence-electron chi connectivity index (χ3n) is 4.76. The average Bonchev–Trinajstić information content (AvgIpc) is 2.36. The van der Waals surface area contributed by atoms with Gasteiger partial charge in [-0.3, -0.25) is 4.79 Å². The number of likely N-dealkylation sites (tertiary alicyclic amines) is 1. The molecule has 2 rings (SSSR count). The molecule has 0 unspecified atom stereocenters. The van der Waals surface area contributed by atoms with Gasteiger partial charge in [0.2, 0.25) is 0 Å². The van der Waals surface area contributed by atoms with E-state index in [2.05, 4.69) is 0 Å². The largest absolute Gasteiger partial charge is 0.481 e. The SMILES string of the molecule is CC1(C(=O)O)CCN(C(=O)N(CCO)C2CCC2)CC1. The quantitative estimate of drug-likeness (QED) is 0.811. The van der Waals surface area contributed by atoms with Gasteiger partial charge in [0, 0.05) is 25.7 Å². The van der Waals surface area contributed by atoms with Crippen LogP contribution in [0, 0.1) is 5.41 Å². The number of carboxylic acids is 1. The van der Waals surface area contributed by atoms with Crippen molar-refractivity contribution in [2.75, 3.05) is 26.2 Å². The predicted molar refractivity (Wildman–Crippen MR) is 73.4 cm³/mol. The van der Waals surface area contributed by atoms with Crippen LogP contribution in [0.1, 0.15) is 39.0 Å². The molecule has 0 spiro atoms. The molecule has 1 aliphatic carbocycles. The Morgan fingerprint density at radius 3 is 2.30 bits per heavy atom. The minimum absolute atomic E-state index is 0.0249. The predicted octanol–water partition coefficient (Wildman–Crippen LogP) is 1.14. The Labute approximate surface area is 119 Å². The zero-order chi connectivity index (χ0) is 14.8. The molecule has 2 amide bonds. The van der Waals surface area contributed by atoms with Gasteiger partial charge >= 0.3 is 12.0 Å². The highest BCUT2D eigenvalue weighted by Gasteiger charge is 2.40. The Balaban J connectivity index is 1.94. The molecule has 0 bridgehead atoms. The summed E-state index contributed by atoms with van der Waals surface area (Å²) < 4.78 is 0. The van der Waals surface area contributed by atoms with Gasteiger partial charge in [-0.25, -0.2) is 4.79 Å². The van der Waals surface area contributed by atoms with E-state index < -0.39 is 11.4 Å². The molecule has 6 nitrogen and oxygen atoms in total. The smallest absolute Gasteiger partial charge is 0.320 e. The minimum Gasteiger partial charge on any atom is -0.481 e. The molecule has 1 saturated heterocycles. The van der Waals surface area contributed by atoms with E-state index in [0.717, 1.165) is 19.3 Å². The molecule has 1 heterocycles. The van der Waals surface area contributed by atoms with Crippen molar-refractivity contribution in [1.29, 1.82) is 0 Å². The van der Waals surface area contributed by atoms with Gasteiger partial charge in [0.1, 0.15) is 0 Å². The number of hydrogen-bond acceptors (Lipinski definition) is 3. The van der Waals surface area contributed by atoms with E-state index in [1.54, 1.807) is 16.7 Å². The summed E-state index contributed by atoms with van der Waals surface area (Å²) in [6.07, 6.45) is 4.13. The molecule has 0 aromatic heterocycles. The number of rotatable bonds is 4. The Bertz CT molecular complexity index is 373. The van der Waals surface area contributed by atoms with Crippen molar-refractivity contribution in [2.45, 2.75) is 45.1 Å². The van der Waals surface area contributed by atoms with E-state index in [1.165, 1.54) is 0 Å². The maximum atomic E-state index is 12.5. The van der Waals surface area contributed by atoms with Gasteiger partial charge < -0.3 is 20.0 Å². The van der Waals surface area contributed by atoms with Crippen LogP contribution in [0.15, 0.2) is 0 Å². The molecule has 1 saturated carbocycles. The highest BCUT2D eigenvalue weighted by Crippen LogP contribution is 2.32. The number of piperidine rings is 1. The summed E-state index contributed by atoms with van der Waals surface area (Å²) in [6.45, 7) is 3.06. The molecule has 2 aliphatic rings. The lowest BCUT2D eigenvalue weighted by atomic mass is 9.80. The molecule has 2 N–H and O–H groups in total. The number of aliphatic carboxylic acids is 1. The summed E-state index contributed by atoms with van der Waals surface area (Å²) in [5.74, 6) is -0.782. The molecule has 20 heavy (non-hydrogen) atoms. The van der Waals surface area contributed by atoms with Crippen LogP contribution in [-0.4, -0.2) is 64.3 Å². The maximum Gasteiger partial charge on any atom is 0.320 e. The highest BCUT2D eigenvalue weighted by molar-refractivity contribution is 5.77. The summed E-state index contributed by atoms with van der Waals surface area (Å²) in [5, 5.41) is 18.3. The third-order valence-corrected chi connectivity index (χ3v) is 4.76. The van der Waals surface area contributed by atoms with Gasteiger partial charge in [0.25, 0.3) is 0 Å². The first-order valence-electron chi connectivity index (χ1n) is 7.38. The number of amides is 2. The lowest BCUT2D eigenvalue weighted by molar-refractivity contribution is -0.150. The summed E-state index contributed by atoms with van der Waals surface area (Å²) >= 11 is 0. The first-order chi connectivity index (χ1) is 9.48. The van der Waals surface area contributed by atoms with Crippen molar-refractivity contribution in [2.24, 2.45) is 5.41 Å². The summed E-state index contributed by atoms with van der Waals surface area (Å²) in [7, 11) is 0. The number of carbonyl (C=O) groups excluding carboxylic acids is 1. The Hall–Kier alpha value is -1.30. The fraction of sp³-hybridized carbons (Fsp3) is 0.857. The molecular weight excluding hydrogens is 260 g/mol. The number of carboxylic acid groups (broad SMARTS) is 1. The van der Waals surface area contributed by atoms with Crippen molar-refractivity contribution in [3.05, 3.63) is 0 Å². The van der Waals surface area contributed by atoms with Gasteiger partial charge in [-0.2, -0.15) is 0 Å². The Kier molecular flexibility index (Phi) is 4.52. The summed E-state index contributed by atoms with van der Waals surface area (Å²) in [5.41, 5.74) is -0.713. The van der Waals surface area contributed by atoms with Crippen LogP contribution in [0.25, 0.3) is 0 Å². The van der Waals surface area contributed by atoms with E-state index in [0.29, 0.717) is 32.5 Å². The Morgan fingerprint density at radius 2 is 1.90 bits per heavy atom. The van der Waals surface area contributed by atoms with Crippen LogP contribution in [0.4, 0.5) is 4.79 Å². The topological polar surface area (TPSA) is 81.1 Å². The van der Waals surface area contributed by atoms with E-state index >= 15 is 0 Å². The molecular formula is C14H24N2O4. The second-order valence-electron chi connectivity index (χ2n) is 6.14. The fourth-order valence-corrected chi connectivity index (χ4v) is 2.83. The van der Waals surface area contributed by atoms with Crippen molar-refractivity contribution >= 4 is 12.0 Å². The number of hydrogen-bond donors (Lipinski definition) is 2. The fourth-order valence-electron chi connectivity index (χ4n) is 2.83. The molecule has 1 aliphatic heterocycles. The van der Waals surface area contributed by atoms with Crippen LogP contribution < -0.4 is 0 Å². The van der Waals surface area contributed by atoms with Crippen LogP contribution in [0.5, 0.6) is 0 Å². The van der Waals surface area contributed by atoms with Crippen molar-refractivity contribution in [3.8, 4) is 0 Å². The number of carbonyl (C=O) groups is 2. The number of urea groups is 1. The summed E-state index contributed by atoms with van der Waals surface area (Å²) in [4.78, 5) is 27.2. The summed E-state index contributed by atoms with van der Waals surface area (Å²) in [6, 6.07) is 0.207. The monoisotopic (exact) mass is 284 g/mol. The lowest BCUT2D eigenvalue weighted by Crippen LogP contribution is -2.54. The number of aliphatic hydroxyl groups excluding tert-OH is 1. The molecule has 6 heteroatoms. The van der Waals surface area contributed by atoms with Gasteiger partial charge in [-0.1, -0.05) is 0 Å². The Morgan fingerprint density at radius 1 is 1.30 bits per heavy atom. The molecule has 0 atom stereocenters. The average molecular weight is 284 g/mol. The maximum absolute atomic E-state index is 12.5. The van der Waals surface area contributed by atoms with Crippen LogP contribution in [0.2, 0.25) is 0 Å². The molecule has 0 aromatic carbocycles. The number of aliphatic hydroxyl groups is 1. The van der Waals surface area contributed by atoms with Gasteiger partial charge in [0.15, 0.2) is 0 Å². The lowest BCUT2D eigenvalue weighted by Gasteiger charge is -2.43. The van der Waals surface area contributed by atoms with E-state index in [-0.39, 0.29) is 18.7 Å². The van der Waals surface area contributed by atoms with E-state index in [1.807, 2.05) is 0 Å². The van der Waals surface area contributed by atoms with Crippen LogP contribution in [-0.2, 0) is 4.79 Å². The minimum atomic E-state index is -0.782. The second-order valence-corrected chi connectivity index (χ2v) is 6.14. The second kappa shape index (κ2) is 5.99. The zero-order valence-corrected chi connectivity index (χ0v) is 12.0. The standard InChI is InChI=1S/C14H24N2O4/c1-14(12(18)19)5-7-15(8-6-14)13(20)16(9-10-17)11-3-2-4-11/h11,17H,2-10H2,1H3,(H,18,19). The van der Waals surface area contributed by atoms with Crippen LogP contribution in [0.3, 0.4) is 0 Å². The molecule has 2 fully saturated rings.